The van der Waals surface area contributed by atoms with E-state index >= 15 is 0 Å². The Morgan fingerprint density at radius 1 is 1.45 bits per heavy atom. The fourth-order valence-electron chi connectivity index (χ4n) is 2.66. The van der Waals surface area contributed by atoms with Gasteiger partial charge in [-0.1, -0.05) is 0 Å². The van der Waals surface area contributed by atoms with Gasteiger partial charge in [-0.2, -0.15) is 0 Å². The first-order valence-corrected chi connectivity index (χ1v) is 10.2. The van der Waals surface area contributed by atoms with Gasteiger partial charge in [0, 0.05) is 28.0 Å². The van der Waals surface area contributed by atoms with Gasteiger partial charge in [-0.3, -0.25) is 4.79 Å². The van der Waals surface area contributed by atoms with E-state index in [1.54, 1.807) is 18.4 Å². The van der Waals surface area contributed by atoms with Gasteiger partial charge in [0.2, 0.25) is 5.91 Å². The fraction of sp³-hybridized carbons (Fsp3) is 0.615. The van der Waals surface area contributed by atoms with Crippen molar-refractivity contribution < 1.29 is 13.2 Å². The zero-order chi connectivity index (χ0) is 15.7. The number of nitrogens with one attached hydrogen (secondary N) is 1. The monoisotopic (exact) mass is 430 g/mol. The van der Waals surface area contributed by atoms with Crippen molar-refractivity contribution in [2.24, 2.45) is 0 Å². The molecule has 1 N–H and O–H groups in total. The van der Waals surface area contributed by atoms with Gasteiger partial charge < -0.3 is 10.2 Å². The molecule has 22 heavy (non-hydrogen) atoms. The molecule has 1 saturated heterocycles. The number of rotatable bonds is 4. The van der Waals surface area contributed by atoms with E-state index < -0.39 is 14.6 Å². The van der Waals surface area contributed by atoms with Crippen LogP contribution in [0.15, 0.2) is 15.9 Å². The predicted molar refractivity (Wildman–Crippen MR) is 95.4 cm³/mol. The number of carbonyl (C=O) groups excluding carboxylic acids is 1. The Bertz CT molecular complexity index is 627. The number of nitrogens with zero attached hydrogens (tertiary/aromatic N) is 1. The maximum Gasteiger partial charge on any atom is 0.244 e. The van der Waals surface area contributed by atoms with Gasteiger partial charge in [-0.15, -0.1) is 23.7 Å². The summed E-state index contributed by atoms with van der Waals surface area (Å²) in [5, 5.41) is 5.07. The number of carbonyl (C=O) groups is 1. The lowest BCUT2D eigenvalue weighted by molar-refractivity contribution is -0.133. The smallest absolute Gasteiger partial charge is 0.244 e. The number of amides is 1. The van der Waals surface area contributed by atoms with Gasteiger partial charge in [0.05, 0.1) is 6.54 Å². The van der Waals surface area contributed by atoms with Crippen LogP contribution in [0.2, 0.25) is 0 Å². The standard InChI is InChI=1S/C13H19BrN2O3S2.ClH/c1-16(8-11-7-10(14)9-20-11)12(17)13(21(2,18)19)3-5-15-6-4-13;/h7,9,15H,3-6,8H2,1-2H3;1H. The van der Waals surface area contributed by atoms with E-state index in [1.165, 1.54) is 11.2 Å². The molecule has 1 aromatic rings. The molecule has 0 atom stereocenters. The molecule has 1 aromatic heterocycles. The second-order valence-corrected chi connectivity index (χ2v) is 9.65. The predicted octanol–water partition coefficient (Wildman–Crippen LogP) is 2.06. The first-order valence-electron chi connectivity index (χ1n) is 6.65. The summed E-state index contributed by atoms with van der Waals surface area (Å²) in [5.41, 5.74) is 0. The summed E-state index contributed by atoms with van der Waals surface area (Å²) < 4.78 is 24.2. The van der Waals surface area contributed by atoms with Crippen LogP contribution in [0.5, 0.6) is 0 Å². The van der Waals surface area contributed by atoms with E-state index in [9.17, 15) is 13.2 Å². The maximum atomic E-state index is 12.8. The third kappa shape index (κ3) is 4.03. The summed E-state index contributed by atoms with van der Waals surface area (Å²) in [6.07, 6.45) is 1.85. The van der Waals surface area contributed by atoms with Crippen molar-refractivity contribution in [2.75, 3.05) is 26.4 Å². The molecule has 9 heteroatoms. The molecule has 5 nitrogen and oxygen atoms in total. The minimum Gasteiger partial charge on any atom is -0.339 e. The van der Waals surface area contributed by atoms with Gasteiger partial charge in [0.1, 0.15) is 0 Å². The second kappa shape index (κ2) is 7.61. The third-order valence-electron chi connectivity index (χ3n) is 3.87. The van der Waals surface area contributed by atoms with E-state index in [2.05, 4.69) is 21.2 Å². The normalized spacial score (nSPS) is 17.6. The molecule has 1 aliphatic rings. The summed E-state index contributed by atoms with van der Waals surface area (Å²) >= 11 is 4.93. The molecule has 0 bridgehead atoms. The van der Waals surface area contributed by atoms with Gasteiger partial charge in [-0.25, -0.2) is 8.42 Å². The van der Waals surface area contributed by atoms with Gasteiger partial charge >= 0.3 is 0 Å². The number of halogens is 2. The average molecular weight is 432 g/mol. The third-order valence-corrected chi connectivity index (χ3v) is 7.56. The first kappa shape index (κ1) is 19.9. The highest BCUT2D eigenvalue weighted by molar-refractivity contribution is 9.10. The topological polar surface area (TPSA) is 66.5 Å². The van der Waals surface area contributed by atoms with Crippen molar-refractivity contribution in [1.29, 1.82) is 0 Å². The van der Waals surface area contributed by atoms with Crippen molar-refractivity contribution >= 4 is 55.4 Å². The summed E-state index contributed by atoms with van der Waals surface area (Å²) in [6.45, 7) is 1.54. The first-order chi connectivity index (χ1) is 9.76. The van der Waals surface area contributed by atoms with Crippen molar-refractivity contribution in [1.82, 2.24) is 10.2 Å². The molecule has 1 fully saturated rings. The lowest BCUT2D eigenvalue weighted by Crippen LogP contribution is -2.57. The Balaban J connectivity index is 0.00000242. The molecule has 0 radical (unpaired) electrons. The Morgan fingerprint density at radius 3 is 2.50 bits per heavy atom. The van der Waals surface area contributed by atoms with Crippen molar-refractivity contribution in [3.05, 3.63) is 20.8 Å². The Kier molecular flexibility index (Phi) is 6.88. The lowest BCUT2D eigenvalue weighted by atomic mass is 9.95. The Morgan fingerprint density at radius 2 is 2.05 bits per heavy atom. The van der Waals surface area contributed by atoms with Gasteiger partial charge in [-0.05, 0) is 47.9 Å². The quantitative estimate of drug-likeness (QED) is 0.792. The molecular weight excluding hydrogens is 412 g/mol. The van der Waals surface area contributed by atoms with Crippen LogP contribution in [0.1, 0.15) is 17.7 Å². The van der Waals surface area contributed by atoms with E-state index in [4.69, 9.17) is 0 Å². The lowest BCUT2D eigenvalue weighted by Gasteiger charge is -2.37. The highest BCUT2D eigenvalue weighted by Gasteiger charge is 2.49. The number of piperidine rings is 1. The molecule has 1 amide bonds. The minimum atomic E-state index is -3.46. The number of hydrogen-bond acceptors (Lipinski definition) is 5. The summed E-state index contributed by atoms with van der Waals surface area (Å²) in [5.74, 6) is -0.295. The van der Waals surface area contributed by atoms with Crippen LogP contribution in [0.4, 0.5) is 0 Å². The maximum absolute atomic E-state index is 12.8. The number of sulfone groups is 1. The van der Waals surface area contributed by atoms with Crippen molar-refractivity contribution in [2.45, 2.75) is 24.1 Å². The molecular formula is C13H20BrClN2O3S2. The largest absolute Gasteiger partial charge is 0.339 e. The molecule has 0 saturated carbocycles. The molecule has 1 aliphatic heterocycles. The average Bonchev–Trinajstić information content (AvgIpc) is 2.82. The van der Waals surface area contributed by atoms with Gasteiger partial charge in [0.25, 0.3) is 0 Å². The van der Waals surface area contributed by atoms with Crippen LogP contribution in [0.25, 0.3) is 0 Å². The molecule has 2 heterocycles. The van der Waals surface area contributed by atoms with Crippen molar-refractivity contribution in [3.8, 4) is 0 Å². The van der Waals surface area contributed by atoms with Crippen LogP contribution in [-0.2, 0) is 21.2 Å². The van der Waals surface area contributed by atoms with E-state index in [1.807, 2.05) is 11.4 Å². The zero-order valence-corrected chi connectivity index (χ0v) is 16.5. The summed E-state index contributed by atoms with van der Waals surface area (Å²) in [6, 6.07) is 1.95. The highest BCUT2D eigenvalue weighted by Crippen LogP contribution is 2.31. The minimum absolute atomic E-state index is 0. The van der Waals surface area contributed by atoms with Crippen LogP contribution >= 0.6 is 39.7 Å². The molecule has 0 aliphatic carbocycles. The van der Waals surface area contributed by atoms with Gasteiger partial charge in [0.15, 0.2) is 14.6 Å². The number of thiophene rings is 1. The molecule has 2 rings (SSSR count). The van der Waals surface area contributed by atoms with Crippen molar-refractivity contribution in [3.63, 3.8) is 0 Å². The Hall–Kier alpha value is -0.150. The van der Waals surface area contributed by atoms with Crippen LogP contribution in [-0.4, -0.2) is 50.4 Å². The molecule has 0 spiro atoms. The highest BCUT2D eigenvalue weighted by atomic mass is 79.9. The molecule has 0 unspecified atom stereocenters. The fourth-order valence-corrected chi connectivity index (χ4v) is 5.59. The van der Waals surface area contributed by atoms with E-state index in [0.29, 0.717) is 32.5 Å². The van der Waals surface area contributed by atoms with E-state index in [-0.39, 0.29) is 18.3 Å². The number of hydrogen-bond donors (Lipinski definition) is 1. The second-order valence-electron chi connectivity index (χ2n) is 5.41. The van der Waals surface area contributed by atoms with Crippen LogP contribution in [0, 0.1) is 0 Å². The summed E-state index contributed by atoms with van der Waals surface area (Å²) in [4.78, 5) is 15.3. The van der Waals surface area contributed by atoms with E-state index in [0.717, 1.165) is 9.35 Å². The molecule has 126 valence electrons. The van der Waals surface area contributed by atoms with Crippen LogP contribution in [0.3, 0.4) is 0 Å². The van der Waals surface area contributed by atoms with Crippen LogP contribution < -0.4 is 5.32 Å². The molecule has 0 aromatic carbocycles. The SMILES string of the molecule is CN(Cc1cc(Br)cs1)C(=O)C1(S(C)(=O)=O)CCNCC1.Cl. The zero-order valence-electron chi connectivity index (χ0n) is 12.5. The summed E-state index contributed by atoms with van der Waals surface area (Å²) in [7, 11) is -1.78. The Labute approximate surface area is 149 Å².